The Balaban J connectivity index is 1.97. The molecule has 1 saturated heterocycles. The van der Waals surface area contributed by atoms with Crippen LogP contribution >= 0.6 is 0 Å². The number of rotatable bonds is 1. The highest BCUT2D eigenvalue weighted by atomic mass is 16.7. The van der Waals surface area contributed by atoms with Crippen molar-refractivity contribution in [2.45, 2.75) is 64.7 Å². The van der Waals surface area contributed by atoms with Crippen molar-refractivity contribution in [1.29, 1.82) is 0 Å². The van der Waals surface area contributed by atoms with Gasteiger partial charge in [0.25, 0.3) is 0 Å². The molecule has 1 aromatic rings. The SMILES string of the molecule is CC1CCc2cccc(B3OC(C)(C)C(C)(C)O3)c2N1. The van der Waals surface area contributed by atoms with Crippen molar-refractivity contribution in [3.05, 3.63) is 23.8 Å². The van der Waals surface area contributed by atoms with Crippen molar-refractivity contribution in [3.8, 4) is 0 Å². The normalized spacial score (nSPS) is 27.1. The van der Waals surface area contributed by atoms with E-state index in [-0.39, 0.29) is 18.3 Å². The summed E-state index contributed by atoms with van der Waals surface area (Å²) < 4.78 is 12.4. The topological polar surface area (TPSA) is 30.5 Å². The Hall–Kier alpha value is -0.995. The lowest BCUT2D eigenvalue weighted by Crippen LogP contribution is -2.41. The van der Waals surface area contributed by atoms with Crippen molar-refractivity contribution in [2.24, 2.45) is 0 Å². The Morgan fingerprint density at radius 1 is 1.15 bits per heavy atom. The van der Waals surface area contributed by atoms with E-state index in [9.17, 15) is 0 Å². The minimum absolute atomic E-state index is 0.284. The average Bonchev–Trinajstić information content (AvgIpc) is 2.57. The Morgan fingerprint density at radius 2 is 1.80 bits per heavy atom. The van der Waals surface area contributed by atoms with Crippen molar-refractivity contribution in [1.82, 2.24) is 0 Å². The van der Waals surface area contributed by atoms with E-state index in [4.69, 9.17) is 9.31 Å². The summed E-state index contributed by atoms with van der Waals surface area (Å²) in [7, 11) is -0.284. The zero-order valence-electron chi connectivity index (χ0n) is 13.1. The second-order valence-corrected chi connectivity index (χ2v) is 7.05. The van der Waals surface area contributed by atoms with Gasteiger partial charge in [0, 0.05) is 17.2 Å². The van der Waals surface area contributed by atoms with Crippen molar-refractivity contribution >= 4 is 18.3 Å². The van der Waals surface area contributed by atoms with Crippen molar-refractivity contribution in [3.63, 3.8) is 0 Å². The van der Waals surface area contributed by atoms with Crippen molar-refractivity contribution in [2.75, 3.05) is 5.32 Å². The first kappa shape index (κ1) is 14.0. The van der Waals surface area contributed by atoms with Gasteiger partial charge in [-0.05, 0) is 53.0 Å². The Kier molecular flexibility index (Phi) is 3.14. The van der Waals surface area contributed by atoms with Gasteiger partial charge in [0.15, 0.2) is 0 Å². The van der Waals surface area contributed by atoms with Gasteiger partial charge in [0.1, 0.15) is 0 Å². The van der Waals surface area contributed by atoms with E-state index >= 15 is 0 Å². The Bertz CT molecular complexity index is 511. The van der Waals surface area contributed by atoms with Crippen LogP contribution < -0.4 is 10.8 Å². The minimum atomic E-state index is -0.291. The molecule has 1 unspecified atom stereocenters. The Morgan fingerprint density at radius 3 is 2.45 bits per heavy atom. The van der Waals surface area contributed by atoms with Gasteiger partial charge < -0.3 is 14.6 Å². The quantitative estimate of drug-likeness (QED) is 0.798. The number of para-hydroxylation sites is 1. The molecule has 20 heavy (non-hydrogen) atoms. The molecule has 2 heterocycles. The molecule has 108 valence electrons. The second kappa shape index (κ2) is 4.50. The molecular formula is C16H24BNO2. The lowest BCUT2D eigenvalue weighted by atomic mass is 9.75. The molecule has 2 aliphatic heterocycles. The summed E-state index contributed by atoms with van der Waals surface area (Å²) in [5.41, 5.74) is 3.13. The molecule has 0 saturated carbocycles. The largest absolute Gasteiger partial charge is 0.496 e. The van der Waals surface area contributed by atoms with Crippen LogP contribution in [0.3, 0.4) is 0 Å². The van der Waals surface area contributed by atoms with Gasteiger partial charge in [-0.3, -0.25) is 0 Å². The summed E-state index contributed by atoms with van der Waals surface area (Å²) in [6.45, 7) is 10.6. The first-order chi connectivity index (χ1) is 9.30. The summed E-state index contributed by atoms with van der Waals surface area (Å²) in [4.78, 5) is 0. The second-order valence-electron chi connectivity index (χ2n) is 7.05. The van der Waals surface area contributed by atoms with Crippen LogP contribution in [0.4, 0.5) is 5.69 Å². The lowest BCUT2D eigenvalue weighted by molar-refractivity contribution is 0.00578. The highest BCUT2D eigenvalue weighted by Crippen LogP contribution is 2.37. The molecule has 2 aliphatic rings. The number of anilines is 1. The van der Waals surface area contributed by atoms with E-state index < -0.39 is 0 Å². The summed E-state index contributed by atoms with van der Waals surface area (Å²) in [6.07, 6.45) is 2.30. The highest BCUT2D eigenvalue weighted by Gasteiger charge is 2.52. The maximum absolute atomic E-state index is 6.19. The molecule has 0 bridgehead atoms. The fraction of sp³-hybridized carbons (Fsp3) is 0.625. The third-order valence-electron chi connectivity index (χ3n) is 4.93. The number of aryl methyl sites for hydroxylation is 1. The molecule has 0 aliphatic carbocycles. The first-order valence-electron chi connectivity index (χ1n) is 7.54. The van der Waals surface area contributed by atoms with Crippen LogP contribution in [0.25, 0.3) is 0 Å². The number of benzene rings is 1. The molecule has 1 fully saturated rings. The standard InChI is InChI=1S/C16H24BNO2/c1-11-9-10-12-7-6-8-13(14(12)18-11)17-19-15(2,3)16(4,5)20-17/h6-8,11,18H,9-10H2,1-5H3. The average molecular weight is 273 g/mol. The maximum Gasteiger partial charge on any atom is 0.496 e. The smallest absolute Gasteiger partial charge is 0.399 e. The van der Waals surface area contributed by atoms with Gasteiger partial charge in [-0.25, -0.2) is 0 Å². The molecule has 3 nitrogen and oxygen atoms in total. The van der Waals surface area contributed by atoms with E-state index in [2.05, 4.69) is 58.1 Å². The molecule has 0 aromatic heterocycles. The van der Waals surface area contributed by atoms with Gasteiger partial charge in [-0.2, -0.15) is 0 Å². The van der Waals surface area contributed by atoms with E-state index in [1.165, 1.54) is 17.7 Å². The number of fused-ring (bicyclic) bond motifs is 1. The first-order valence-corrected chi connectivity index (χ1v) is 7.54. The monoisotopic (exact) mass is 273 g/mol. The predicted molar refractivity (Wildman–Crippen MR) is 83.6 cm³/mol. The minimum Gasteiger partial charge on any atom is -0.399 e. The highest BCUT2D eigenvalue weighted by molar-refractivity contribution is 6.64. The van der Waals surface area contributed by atoms with Crippen LogP contribution in [-0.2, 0) is 15.7 Å². The van der Waals surface area contributed by atoms with Crippen LogP contribution in [-0.4, -0.2) is 24.4 Å². The molecule has 1 N–H and O–H groups in total. The third-order valence-corrected chi connectivity index (χ3v) is 4.93. The molecular weight excluding hydrogens is 249 g/mol. The molecule has 4 heteroatoms. The van der Waals surface area contributed by atoms with Crippen molar-refractivity contribution < 1.29 is 9.31 Å². The van der Waals surface area contributed by atoms with Crippen LogP contribution in [0.15, 0.2) is 18.2 Å². The van der Waals surface area contributed by atoms with E-state index in [1.54, 1.807) is 0 Å². The molecule has 0 radical (unpaired) electrons. The summed E-state index contributed by atoms with van der Waals surface area (Å²) in [5, 5.41) is 3.60. The summed E-state index contributed by atoms with van der Waals surface area (Å²) in [6, 6.07) is 6.93. The molecule has 0 spiro atoms. The summed E-state index contributed by atoms with van der Waals surface area (Å²) >= 11 is 0. The lowest BCUT2D eigenvalue weighted by Gasteiger charge is -2.32. The van der Waals surface area contributed by atoms with E-state index in [0.717, 1.165) is 11.9 Å². The maximum atomic E-state index is 6.19. The van der Waals surface area contributed by atoms with Crippen LogP contribution in [0.2, 0.25) is 0 Å². The van der Waals surface area contributed by atoms with E-state index in [0.29, 0.717) is 6.04 Å². The van der Waals surface area contributed by atoms with Crippen LogP contribution in [0.1, 0.15) is 46.6 Å². The predicted octanol–water partition coefficient (Wildman–Crippen LogP) is 2.73. The number of hydrogen-bond acceptors (Lipinski definition) is 3. The number of hydrogen-bond donors (Lipinski definition) is 1. The summed E-state index contributed by atoms with van der Waals surface area (Å²) in [5.74, 6) is 0. The van der Waals surface area contributed by atoms with Gasteiger partial charge in [-0.15, -0.1) is 0 Å². The zero-order chi connectivity index (χ0) is 14.5. The van der Waals surface area contributed by atoms with Gasteiger partial charge in [0.2, 0.25) is 0 Å². The molecule has 1 aromatic carbocycles. The van der Waals surface area contributed by atoms with Crippen LogP contribution in [0.5, 0.6) is 0 Å². The Labute approximate surface area is 122 Å². The fourth-order valence-corrected chi connectivity index (χ4v) is 2.86. The zero-order valence-corrected chi connectivity index (χ0v) is 13.1. The fourth-order valence-electron chi connectivity index (χ4n) is 2.86. The van der Waals surface area contributed by atoms with Crippen LogP contribution in [0, 0.1) is 0 Å². The number of nitrogens with one attached hydrogen (secondary N) is 1. The third kappa shape index (κ3) is 2.15. The van der Waals surface area contributed by atoms with E-state index in [1.807, 2.05) is 0 Å². The molecule has 1 atom stereocenters. The van der Waals surface area contributed by atoms with Gasteiger partial charge in [-0.1, -0.05) is 18.2 Å². The van der Waals surface area contributed by atoms with Gasteiger partial charge >= 0.3 is 7.12 Å². The van der Waals surface area contributed by atoms with Gasteiger partial charge in [0.05, 0.1) is 11.2 Å². The molecule has 0 amide bonds. The molecule has 3 rings (SSSR count).